The van der Waals surface area contributed by atoms with E-state index in [2.05, 4.69) is 12.2 Å². The summed E-state index contributed by atoms with van der Waals surface area (Å²) in [6.45, 7) is 2.05. The van der Waals surface area contributed by atoms with Gasteiger partial charge in [-0.25, -0.2) is 0 Å². The number of fused-ring (bicyclic) bond motifs is 1. The molecule has 3 N–H and O–H groups in total. The molecule has 0 saturated carbocycles. The van der Waals surface area contributed by atoms with E-state index in [-0.39, 0.29) is 5.91 Å². The van der Waals surface area contributed by atoms with E-state index in [4.69, 9.17) is 5.73 Å². The number of nitrogens with one attached hydrogen (secondary N) is 1. The molecule has 0 atom stereocenters. The maximum absolute atomic E-state index is 11.9. The van der Waals surface area contributed by atoms with Gasteiger partial charge in [-0.2, -0.15) is 0 Å². The summed E-state index contributed by atoms with van der Waals surface area (Å²) in [4.78, 5) is 24.8. The van der Waals surface area contributed by atoms with Gasteiger partial charge in [0.15, 0.2) is 0 Å². The van der Waals surface area contributed by atoms with Crippen molar-refractivity contribution in [1.29, 1.82) is 0 Å². The molecule has 0 bridgehead atoms. The van der Waals surface area contributed by atoms with Crippen molar-refractivity contribution in [3.05, 3.63) is 16.0 Å². The Balaban J connectivity index is 2.24. The van der Waals surface area contributed by atoms with Gasteiger partial charge in [-0.05, 0) is 37.7 Å². The van der Waals surface area contributed by atoms with Crippen LogP contribution in [0, 0.1) is 0 Å². The summed E-state index contributed by atoms with van der Waals surface area (Å²) < 4.78 is 0. The maximum atomic E-state index is 11.9. The van der Waals surface area contributed by atoms with E-state index in [9.17, 15) is 9.59 Å². The van der Waals surface area contributed by atoms with Crippen molar-refractivity contribution in [2.45, 2.75) is 58.3 Å². The number of thiophene rings is 1. The SMILES string of the molecule is CCCCC(=O)Nc1sc2c(c1C(N)=O)CCCCC2. The second-order valence-electron chi connectivity index (χ2n) is 5.28. The zero-order valence-electron chi connectivity index (χ0n) is 12.0. The van der Waals surface area contributed by atoms with Crippen LogP contribution in [0.2, 0.25) is 0 Å². The third-order valence-corrected chi connectivity index (χ3v) is 4.89. The highest BCUT2D eigenvalue weighted by molar-refractivity contribution is 7.17. The minimum absolute atomic E-state index is 0.0224. The van der Waals surface area contributed by atoms with Crippen LogP contribution in [0.25, 0.3) is 0 Å². The van der Waals surface area contributed by atoms with Crippen LogP contribution < -0.4 is 11.1 Å². The quantitative estimate of drug-likeness (QED) is 0.818. The lowest BCUT2D eigenvalue weighted by atomic mass is 10.1. The summed E-state index contributed by atoms with van der Waals surface area (Å²) in [5, 5.41) is 3.54. The first kappa shape index (κ1) is 15.0. The van der Waals surface area contributed by atoms with E-state index in [0.717, 1.165) is 44.1 Å². The Bertz CT molecular complexity index is 508. The Morgan fingerprint density at radius 1 is 1.25 bits per heavy atom. The number of nitrogens with two attached hydrogens (primary N) is 1. The van der Waals surface area contributed by atoms with Gasteiger partial charge in [0.2, 0.25) is 5.91 Å². The van der Waals surface area contributed by atoms with Crippen molar-refractivity contribution >= 4 is 28.2 Å². The van der Waals surface area contributed by atoms with Crippen LogP contribution >= 0.6 is 11.3 Å². The van der Waals surface area contributed by atoms with Gasteiger partial charge in [0.25, 0.3) is 5.91 Å². The number of hydrogen-bond acceptors (Lipinski definition) is 3. The van der Waals surface area contributed by atoms with Gasteiger partial charge in [0.1, 0.15) is 5.00 Å². The molecule has 1 aromatic heterocycles. The van der Waals surface area contributed by atoms with Crippen LogP contribution in [0.15, 0.2) is 0 Å². The van der Waals surface area contributed by atoms with E-state index < -0.39 is 5.91 Å². The molecule has 2 rings (SSSR count). The summed E-state index contributed by atoms with van der Waals surface area (Å²) in [6, 6.07) is 0. The molecule has 110 valence electrons. The van der Waals surface area contributed by atoms with Crippen LogP contribution in [-0.2, 0) is 17.6 Å². The van der Waals surface area contributed by atoms with Crippen molar-refractivity contribution < 1.29 is 9.59 Å². The zero-order chi connectivity index (χ0) is 14.5. The van der Waals surface area contributed by atoms with Gasteiger partial charge in [0.05, 0.1) is 5.56 Å². The first-order valence-electron chi connectivity index (χ1n) is 7.37. The number of hydrogen-bond donors (Lipinski definition) is 2. The first-order valence-corrected chi connectivity index (χ1v) is 8.19. The molecule has 0 saturated heterocycles. The Hall–Kier alpha value is -1.36. The van der Waals surface area contributed by atoms with Crippen molar-refractivity contribution in [1.82, 2.24) is 0 Å². The second kappa shape index (κ2) is 6.88. The number of carbonyl (C=O) groups is 2. The van der Waals surface area contributed by atoms with Gasteiger partial charge >= 0.3 is 0 Å². The van der Waals surface area contributed by atoms with Gasteiger partial charge < -0.3 is 11.1 Å². The lowest BCUT2D eigenvalue weighted by Gasteiger charge is -2.05. The van der Waals surface area contributed by atoms with Gasteiger partial charge in [-0.1, -0.05) is 19.8 Å². The largest absolute Gasteiger partial charge is 0.365 e. The molecule has 0 spiro atoms. The zero-order valence-corrected chi connectivity index (χ0v) is 12.8. The number of unbranched alkanes of at least 4 members (excludes halogenated alkanes) is 1. The highest BCUT2D eigenvalue weighted by Gasteiger charge is 2.23. The molecule has 2 amide bonds. The lowest BCUT2D eigenvalue weighted by Crippen LogP contribution is -2.17. The summed E-state index contributed by atoms with van der Waals surface area (Å²) >= 11 is 1.53. The molecule has 0 aromatic carbocycles. The number of anilines is 1. The monoisotopic (exact) mass is 294 g/mol. The standard InChI is InChI=1S/C15H22N2O2S/c1-2-3-9-12(18)17-15-13(14(16)19)10-7-5-4-6-8-11(10)20-15/h2-9H2,1H3,(H2,16,19)(H,17,18). The van der Waals surface area contributed by atoms with Gasteiger partial charge in [-0.15, -0.1) is 11.3 Å². The van der Waals surface area contributed by atoms with Crippen LogP contribution in [0.1, 0.15) is 66.2 Å². The van der Waals surface area contributed by atoms with Crippen molar-refractivity contribution in [3.63, 3.8) is 0 Å². The summed E-state index contributed by atoms with van der Waals surface area (Å²) in [5.41, 5.74) is 7.15. The highest BCUT2D eigenvalue weighted by Crippen LogP contribution is 2.37. The van der Waals surface area contributed by atoms with E-state index in [0.29, 0.717) is 17.0 Å². The molecule has 0 unspecified atom stereocenters. The van der Waals surface area contributed by atoms with Gasteiger partial charge in [0, 0.05) is 11.3 Å². The van der Waals surface area contributed by atoms with Crippen molar-refractivity contribution in [2.75, 3.05) is 5.32 Å². The molecule has 1 aromatic rings. The molecule has 0 radical (unpaired) electrons. The molecule has 4 nitrogen and oxygen atoms in total. The number of carbonyl (C=O) groups excluding carboxylic acids is 2. The average Bonchev–Trinajstić information content (AvgIpc) is 2.58. The predicted octanol–water partition coefficient (Wildman–Crippen LogP) is 3.24. The maximum Gasteiger partial charge on any atom is 0.251 e. The third kappa shape index (κ3) is 3.39. The Labute approximate surface area is 123 Å². The fourth-order valence-electron chi connectivity index (χ4n) is 2.62. The number of amides is 2. The Kier molecular flexibility index (Phi) is 5.17. The van der Waals surface area contributed by atoms with Crippen LogP contribution in [0.4, 0.5) is 5.00 Å². The molecular weight excluding hydrogens is 272 g/mol. The van der Waals surface area contributed by atoms with Crippen molar-refractivity contribution in [2.24, 2.45) is 5.73 Å². The van der Waals surface area contributed by atoms with E-state index >= 15 is 0 Å². The van der Waals surface area contributed by atoms with Crippen LogP contribution in [-0.4, -0.2) is 11.8 Å². The fraction of sp³-hybridized carbons (Fsp3) is 0.600. The molecule has 1 heterocycles. The number of primary amides is 1. The third-order valence-electron chi connectivity index (χ3n) is 3.68. The van der Waals surface area contributed by atoms with Gasteiger partial charge in [-0.3, -0.25) is 9.59 Å². The van der Waals surface area contributed by atoms with Crippen LogP contribution in [0.5, 0.6) is 0 Å². The topological polar surface area (TPSA) is 72.2 Å². The molecule has 0 fully saturated rings. The fourth-order valence-corrected chi connectivity index (χ4v) is 3.93. The predicted molar refractivity (Wildman–Crippen MR) is 82.3 cm³/mol. The minimum Gasteiger partial charge on any atom is -0.365 e. The second-order valence-corrected chi connectivity index (χ2v) is 6.39. The smallest absolute Gasteiger partial charge is 0.251 e. The molecule has 20 heavy (non-hydrogen) atoms. The first-order chi connectivity index (χ1) is 9.63. The number of rotatable bonds is 5. The normalized spacial score (nSPS) is 14.4. The van der Waals surface area contributed by atoms with E-state index in [1.54, 1.807) is 0 Å². The average molecular weight is 294 g/mol. The van der Waals surface area contributed by atoms with Crippen LogP contribution in [0.3, 0.4) is 0 Å². The molecule has 0 aliphatic heterocycles. The Morgan fingerprint density at radius 3 is 2.70 bits per heavy atom. The number of aryl methyl sites for hydroxylation is 1. The Morgan fingerprint density at radius 2 is 2.00 bits per heavy atom. The summed E-state index contributed by atoms with van der Waals surface area (Å²) in [6.07, 6.45) is 7.66. The lowest BCUT2D eigenvalue weighted by molar-refractivity contribution is -0.116. The highest BCUT2D eigenvalue weighted by atomic mass is 32.1. The molecular formula is C15H22N2O2S. The molecule has 5 heteroatoms. The molecule has 1 aliphatic rings. The summed E-state index contributed by atoms with van der Waals surface area (Å²) in [5.74, 6) is -0.444. The minimum atomic E-state index is -0.421. The summed E-state index contributed by atoms with van der Waals surface area (Å²) in [7, 11) is 0. The van der Waals surface area contributed by atoms with Crippen molar-refractivity contribution in [3.8, 4) is 0 Å². The molecule has 1 aliphatic carbocycles. The van der Waals surface area contributed by atoms with E-state index in [1.165, 1.54) is 22.6 Å². The van der Waals surface area contributed by atoms with E-state index in [1.807, 2.05) is 0 Å².